The first-order valence-electron chi connectivity index (χ1n) is 6.04. The van der Waals surface area contributed by atoms with E-state index in [1.807, 2.05) is 6.07 Å². The second-order valence-corrected chi connectivity index (χ2v) is 5.97. The van der Waals surface area contributed by atoms with Crippen LogP contribution in [0.25, 0.3) is 0 Å². The lowest BCUT2D eigenvalue weighted by atomic mass is 10.2. The number of rotatable bonds is 5. The van der Waals surface area contributed by atoms with Gasteiger partial charge < -0.3 is 4.74 Å². The van der Waals surface area contributed by atoms with Crippen LogP contribution in [0.1, 0.15) is 5.56 Å². The first-order valence-corrected chi connectivity index (χ1v) is 7.52. The van der Waals surface area contributed by atoms with Crippen molar-refractivity contribution in [3.8, 4) is 11.8 Å². The van der Waals surface area contributed by atoms with Crippen molar-refractivity contribution < 1.29 is 13.2 Å². The van der Waals surface area contributed by atoms with Crippen LogP contribution in [-0.2, 0) is 16.6 Å². The van der Waals surface area contributed by atoms with Crippen LogP contribution in [0.3, 0.4) is 0 Å². The second-order valence-electron chi connectivity index (χ2n) is 4.32. The number of anilines is 1. The number of benzene rings is 1. The van der Waals surface area contributed by atoms with Crippen molar-refractivity contribution in [2.45, 2.75) is 18.4 Å². The number of nitrogens with one attached hydrogen (secondary N) is 1. The first kappa shape index (κ1) is 14.9. The molecule has 8 heteroatoms. The van der Waals surface area contributed by atoms with Gasteiger partial charge >= 0.3 is 0 Å². The summed E-state index contributed by atoms with van der Waals surface area (Å²) < 4.78 is 33.6. The fraction of sp³-hybridized carbons (Fsp3) is 0.231. The lowest BCUT2D eigenvalue weighted by Crippen LogP contribution is -2.15. The number of methoxy groups -OCH3 is 1. The minimum Gasteiger partial charge on any atom is -0.495 e. The molecule has 0 aliphatic carbocycles. The molecule has 0 amide bonds. The average molecular weight is 306 g/mol. The van der Waals surface area contributed by atoms with E-state index < -0.39 is 10.0 Å². The van der Waals surface area contributed by atoms with Crippen molar-refractivity contribution in [2.24, 2.45) is 0 Å². The summed E-state index contributed by atoms with van der Waals surface area (Å²) in [6.45, 7) is 1.84. The van der Waals surface area contributed by atoms with Crippen molar-refractivity contribution in [1.82, 2.24) is 9.78 Å². The molecular weight excluding hydrogens is 292 g/mol. The fourth-order valence-electron chi connectivity index (χ4n) is 1.76. The summed E-state index contributed by atoms with van der Waals surface area (Å²) in [5.41, 5.74) is 0.797. The number of nitriles is 1. The van der Waals surface area contributed by atoms with Crippen LogP contribution in [0.4, 0.5) is 5.82 Å². The summed E-state index contributed by atoms with van der Waals surface area (Å²) in [7, 11) is -2.41. The van der Waals surface area contributed by atoms with E-state index in [2.05, 4.69) is 9.82 Å². The Bertz CT molecular complexity index is 790. The summed E-state index contributed by atoms with van der Waals surface area (Å²) in [5, 5.41) is 12.5. The predicted molar refractivity (Wildman–Crippen MR) is 76.4 cm³/mol. The number of nitrogens with zero attached hydrogens (tertiary/aromatic N) is 3. The van der Waals surface area contributed by atoms with E-state index in [-0.39, 0.29) is 23.0 Å². The van der Waals surface area contributed by atoms with Crippen LogP contribution >= 0.6 is 0 Å². The minimum absolute atomic E-state index is 0.0415. The Morgan fingerprint density at radius 3 is 2.86 bits per heavy atom. The Balaban J connectivity index is 2.34. The monoisotopic (exact) mass is 306 g/mol. The summed E-state index contributed by atoms with van der Waals surface area (Å²) in [4.78, 5) is 0.0415. The third kappa shape index (κ3) is 3.32. The SMILES string of the molecule is COc1ccc(C)cc1S(=O)(=O)Nc1ccn(CC#N)n1. The van der Waals surface area contributed by atoms with Gasteiger partial charge in [-0.2, -0.15) is 10.4 Å². The van der Waals surface area contributed by atoms with Gasteiger partial charge in [-0.3, -0.25) is 9.40 Å². The third-order valence-electron chi connectivity index (χ3n) is 2.72. The lowest BCUT2D eigenvalue weighted by molar-refractivity contribution is 0.402. The van der Waals surface area contributed by atoms with Gasteiger partial charge in [0, 0.05) is 12.3 Å². The molecule has 1 heterocycles. The number of hydrogen-bond acceptors (Lipinski definition) is 5. The minimum atomic E-state index is -3.81. The Kier molecular flexibility index (Phi) is 4.14. The maximum atomic E-state index is 12.4. The summed E-state index contributed by atoms with van der Waals surface area (Å²) in [6.07, 6.45) is 1.52. The topological polar surface area (TPSA) is 97.0 Å². The number of aryl methyl sites for hydroxylation is 1. The van der Waals surface area contributed by atoms with E-state index >= 15 is 0 Å². The Labute approximate surface area is 122 Å². The fourth-order valence-corrected chi connectivity index (χ4v) is 3.01. The van der Waals surface area contributed by atoms with Crippen molar-refractivity contribution in [3.05, 3.63) is 36.0 Å². The van der Waals surface area contributed by atoms with Crippen molar-refractivity contribution in [2.75, 3.05) is 11.8 Å². The average Bonchev–Trinajstić information content (AvgIpc) is 2.86. The number of hydrogen-bond donors (Lipinski definition) is 1. The van der Waals surface area contributed by atoms with Gasteiger partial charge in [0.2, 0.25) is 0 Å². The van der Waals surface area contributed by atoms with Gasteiger partial charge in [0.1, 0.15) is 17.2 Å². The number of ether oxygens (including phenoxy) is 1. The highest BCUT2D eigenvalue weighted by Gasteiger charge is 2.20. The molecule has 1 aromatic heterocycles. The predicted octanol–water partition coefficient (Wildman–Crippen LogP) is 1.52. The van der Waals surface area contributed by atoms with Crippen LogP contribution in [0.2, 0.25) is 0 Å². The van der Waals surface area contributed by atoms with Crippen LogP contribution in [0.5, 0.6) is 5.75 Å². The molecule has 2 rings (SSSR count). The van der Waals surface area contributed by atoms with Crippen LogP contribution in [-0.4, -0.2) is 25.3 Å². The van der Waals surface area contributed by atoms with Gasteiger partial charge in [0.25, 0.3) is 10.0 Å². The van der Waals surface area contributed by atoms with E-state index in [9.17, 15) is 8.42 Å². The molecule has 0 aliphatic rings. The van der Waals surface area contributed by atoms with Gasteiger partial charge in [-0.05, 0) is 24.6 Å². The molecule has 1 N–H and O–H groups in total. The Morgan fingerprint density at radius 1 is 1.43 bits per heavy atom. The van der Waals surface area contributed by atoms with E-state index in [1.54, 1.807) is 19.1 Å². The molecular formula is C13H14N4O3S. The van der Waals surface area contributed by atoms with Crippen LogP contribution in [0.15, 0.2) is 35.4 Å². The Hall–Kier alpha value is -2.53. The van der Waals surface area contributed by atoms with Crippen LogP contribution < -0.4 is 9.46 Å². The van der Waals surface area contributed by atoms with Crippen molar-refractivity contribution in [1.29, 1.82) is 5.26 Å². The standard InChI is InChI=1S/C13H14N4O3S/c1-10-3-4-11(20-2)12(9-10)21(18,19)16-13-5-7-17(15-13)8-6-14/h3-5,7,9H,8H2,1-2H3,(H,15,16). The number of sulfonamides is 1. The highest BCUT2D eigenvalue weighted by atomic mass is 32.2. The van der Waals surface area contributed by atoms with Gasteiger partial charge in [-0.1, -0.05) is 6.07 Å². The summed E-state index contributed by atoms with van der Waals surface area (Å²) >= 11 is 0. The van der Waals surface area contributed by atoms with Gasteiger partial charge in [-0.15, -0.1) is 0 Å². The quantitative estimate of drug-likeness (QED) is 0.903. The van der Waals surface area contributed by atoms with Crippen molar-refractivity contribution >= 4 is 15.8 Å². The van der Waals surface area contributed by atoms with E-state index in [0.29, 0.717) is 0 Å². The third-order valence-corrected chi connectivity index (χ3v) is 4.10. The summed E-state index contributed by atoms with van der Waals surface area (Å²) in [5.74, 6) is 0.401. The van der Waals surface area contributed by atoms with E-state index in [4.69, 9.17) is 10.00 Å². The molecule has 0 saturated heterocycles. The first-order chi connectivity index (χ1) is 9.96. The zero-order valence-corrected chi connectivity index (χ0v) is 12.4. The number of aromatic nitrogens is 2. The molecule has 0 unspecified atom stereocenters. The molecule has 0 bridgehead atoms. The highest BCUT2D eigenvalue weighted by molar-refractivity contribution is 7.92. The van der Waals surface area contributed by atoms with E-state index in [1.165, 1.54) is 30.1 Å². The zero-order valence-electron chi connectivity index (χ0n) is 11.6. The smallest absolute Gasteiger partial charge is 0.266 e. The molecule has 0 spiro atoms. The molecule has 110 valence electrons. The molecule has 0 saturated carbocycles. The molecule has 2 aromatic rings. The molecule has 0 aliphatic heterocycles. The lowest BCUT2D eigenvalue weighted by Gasteiger charge is -2.10. The van der Waals surface area contributed by atoms with Crippen molar-refractivity contribution in [3.63, 3.8) is 0 Å². The molecule has 7 nitrogen and oxygen atoms in total. The molecule has 0 atom stereocenters. The zero-order chi connectivity index (χ0) is 15.5. The molecule has 0 fully saturated rings. The van der Waals surface area contributed by atoms with E-state index in [0.717, 1.165) is 5.56 Å². The molecule has 1 aromatic carbocycles. The largest absolute Gasteiger partial charge is 0.495 e. The maximum Gasteiger partial charge on any atom is 0.266 e. The van der Waals surface area contributed by atoms with Gasteiger partial charge in [-0.25, -0.2) is 8.42 Å². The molecule has 0 radical (unpaired) electrons. The van der Waals surface area contributed by atoms with Crippen LogP contribution in [0, 0.1) is 18.3 Å². The Morgan fingerprint density at radius 2 is 2.19 bits per heavy atom. The molecule has 21 heavy (non-hydrogen) atoms. The van der Waals surface area contributed by atoms with Gasteiger partial charge in [0.05, 0.1) is 13.2 Å². The normalized spacial score (nSPS) is 10.9. The maximum absolute atomic E-state index is 12.4. The summed E-state index contributed by atoms with van der Waals surface area (Å²) in [6, 6.07) is 8.28. The second kappa shape index (κ2) is 5.85. The van der Waals surface area contributed by atoms with Gasteiger partial charge in [0.15, 0.2) is 5.82 Å². The highest BCUT2D eigenvalue weighted by Crippen LogP contribution is 2.26.